The number of nitrogens with one attached hydrogen (secondary N) is 2. The van der Waals surface area contributed by atoms with Crippen molar-refractivity contribution in [2.75, 3.05) is 39.8 Å². The molecule has 0 aliphatic rings. The van der Waals surface area contributed by atoms with Gasteiger partial charge in [-0.05, 0) is 12.1 Å². The monoisotopic (exact) mass is 268 g/mol. The zero-order valence-corrected chi connectivity index (χ0v) is 11.4. The molecule has 4 N–H and O–H groups in total. The highest BCUT2D eigenvalue weighted by Crippen LogP contribution is 2.28. The van der Waals surface area contributed by atoms with Gasteiger partial charge in [0.15, 0.2) is 0 Å². The van der Waals surface area contributed by atoms with Gasteiger partial charge in [0, 0.05) is 13.2 Å². The molecule has 19 heavy (non-hydrogen) atoms. The Morgan fingerprint density at radius 3 is 2.63 bits per heavy atom. The molecule has 0 aliphatic heterocycles. The molecule has 1 aromatic rings. The molecule has 0 radical (unpaired) electrons. The molecular weight excluding hydrogens is 248 g/mol. The maximum atomic E-state index is 5.41. The first kappa shape index (κ1) is 15.1. The molecule has 0 heterocycles. The Morgan fingerprint density at radius 2 is 2.05 bits per heavy atom. The Hall–Kier alpha value is -1.99. The Kier molecular flexibility index (Phi) is 6.48. The molecule has 1 aromatic carbocycles. The first-order valence-electron chi connectivity index (χ1n) is 5.74. The molecule has 1 rings (SSSR count). The maximum absolute atomic E-state index is 5.41. The topological polar surface area (TPSA) is 90.1 Å². The summed E-state index contributed by atoms with van der Waals surface area (Å²) in [5.74, 6) is 7.20. The van der Waals surface area contributed by atoms with Crippen LogP contribution in [-0.2, 0) is 4.74 Å². The van der Waals surface area contributed by atoms with E-state index in [-0.39, 0.29) is 0 Å². The van der Waals surface area contributed by atoms with Crippen molar-refractivity contribution in [2.24, 2.45) is 10.8 Å². The fourth-order valence-corrected chi connectivity index (χ4v) is 1.41. The molecule has 106 valence electrons. The third-order valence-corrected chi connectivity index (χ3v) is 2.36. The fourth-order valence-electron chi connectivity index (χ4n) is 1.41. The number of methoxy groups -OCH3 is 3. The molecule has 0 amide bonds. The highest BCUT2D eigenvalue weighted by molar-refractivity contribution is 5.94. The summed E-state index contributed by atoms with van der Waals surface area (Å²) >= 11 is 0. The van der Waals surface area contributed by atoms with Gasteiger partial charge in [0.2, 0.25) is 5.96 Å². The Labute approximate surface area is 112 Å². The number of nitrogens with two attached hydrogens (primary N) is 1. The number of hydrogen-bond acceptors (Lipinski definition) is 5. The predicted molar refractivity (Wildman–Crippen MR) is 74.7 cm³/mol. The lowest BCUT2D eigenvalue weighted by atomic mass is 10.2. The van der Waals surface area contributed by atoms with Crippen molar-refractivity contribution >= 4 is 11.6 Å². The SMILES string of the molecule is COCCN=C(NN)Nc1cc(OC)ccc1OC. The second-order valence-corrected chi connectivity index (χ2v) is 3.56. The van der Waals surface area contributed by atoms with Gasteiger partial charge in [-0.1, -0.05) is 0 Å². The maximum Gasteiger partial charge on any atom is 0.210 e. The first-order chi connectivity index (χ1) is 9.24. The smallest absolute Gasteiger partial charge is 0.210 e. The van der Waals surface area contributed by atoms with Crippen molar-refractivity contribution in [3.63, 3.8) is 0 Å². The molecule has 0 saturated heterocycles. The van der Waals surface area contributed by atoms with Crippen molar-refractivity contribution in [1.29, 1.82) is 0 Å². The minimum absolute atomic E-state index is 0.420. The van der Waals surface area contributed by atoms with Crippen LogP contribution in [0.15, 0.2) is 23.2 Å². The van der Waals surface area contributed by atoms with Crippen molar-refractivity contribution in [3.8, 4) is 11.5 Å². The molecule has 0 aromatic heterocycles. The quantitative estimate of drug-likeness (QED) is 0.230. The van der Waals surface area contributed by atoms with Crippen LogP contribution in [0, 0.1) is 0 Å². The third kappa shape index (κ3) is 4.65. The Balaban J connectivity index is 2.85. The second-order valence-electron chi connectivity index (χ2n) is 3.56. The van der Waals surface area contributed by atoms with E-state index in [1.807, 2.05) is 6.07 Å². The summed E-state index contributed by atoms with van der Waals surface area (Å²) in [7, 11) is 4.80. The second kappa shape index (κ2) is 8.17. The number of ether oxygens (including phenoxy) is 3. The summed E-state index contributed by atoms with van der Waals surface area (Å²) in [6.45, 7) is 1.01. The van der Waals surface area contributed by atoms with Crippen LogP contribution in [-0.4, -0.2) is 40.4 Å². The van der Waals surface area contributed by atoms with E-state index in [0.717, 1.165) is 0 Å². The van der Waals surface area contributed by atoms with Crippen LogP contribution < -0.4 is 26.1 Å². The van der Waals surface area contributed by atoms with Gasteiger partial charge < -0.3 is 19.5 Å². The van der Waals surface area contributed by atoms with E-state index in [1.165, 1.54) is 0 Å². The lowest BCUT2D eigenvalue weighted by Crippen LogP contribution is -2.36. The summed E-state index contributed by atoms with van der Waals surface area (Å²) in [6, 6.07) is 5.40. The van der Waals surface area contributed by atoms with Crippen LogP contribution in [0.4, 0.5) is 5.69 Å². The van der Waals surface area contributed by atoms with E-state index < -0.39 is 0 Å². The van der Waals surface area contributed by atoms with Crippen LogP contribution >= 0.6 is 0 Å². The fraction of sp³-hybridized carbons (Fsp3) is 0.417. The highest BCUT2D eigenvalue weighted by Gasteiger charge is 2.07. The molecule has 0 unspecified atom stereocenters. The lowest BCUT2D eigenvalue weighted by Gasteiger charge is -2.13. The van der Waals surface area contributed by atoms with Crippen molar-refractivity contribution < 1.29 is 14.2 Å². The van der Waals surface area contributed by atoms with E-state index >= 15 is 0 Å². The van der Waals surface area contributed by atoms with E-state index in [9.17, 15) is 0 Å². The molecular formula is C12H20N4O3. The van der Waals surface area contributed by atoms with Crippen LogP contribution in [0.3, 0.4) is 0 Å². The summed E-state index contributed by atoms with van der Waals surface area (Å²) in [5.41, 5.74) is 3.19. The Bertz CT molecular complexity index is 423. The number of hydrogen-bond donors (Lipinski definition) is 3. The van der Waals surface area contributed by atoms with Crippen molar-refractivity contribution in [2.45, 2.75) is 0 Å². The number of guanidine groups is 1. The van der Waals surface area contributed by atoms with Crippen LogP contribution in [0.25, 0.3) is 0 Å². The number of rotatable bonds is 6. The molecule has 0 fully saturated rings. The van der Waals surface area contributed by atoms with E-state index in [4.69, 9.17) is 20.1 Å². The van der Waals surface area contributed by atoms with Crippen molar-refractivity contribution in [1.82, 2.24) is 5.43 Å². The zero-order chi connectivity index (χ0) is 14.1. The number of aliphatic imine (C=N–C) groups is 1. The molecule has 0 aliphatic carbocycles. The zero-order valence-electron chi connectivity index (χ0n) is 11.4. The van der Waals surface area contributed by atoms with E-state index in [0.29, 0.717) is 36.3 Å². The number of anilines is 1. The highest BCUT2D eigenvalue weighted by atomic mass is 16.5. The van der Waals surface area contributed by atoms with Crippen LogP contribution in [0.5, 0.6) is 11.5 Å². The summed E-state index contributed by atoms with van der Waals surface area (Å²) in [6.07, 6.45) is 0. The van der Waals surface area contributed by atoms with Gasteiger partial charge in [-0.3, -0.25) is 5.43 Å². The standard InChI is InChI=1S/C12H20N4O3/c1-17-7-6-14-12(16-13)15-10-8-9(18-2)4-5-11(10)19-3/h4-5,8H,6-7,13H2,1-3H3,(H2,14,15,16). The minimum Gasteiger partial charge on any atom is -0.497 e. The average molecular weight is 268 g/mol. The number of nitrogens with zero attached hydrogens (tertiary/aromatic N) is 1. The average Bonchev–Trinajstić information content (AvgIpc) is 2.46. The van der Waals surface area contributed by atoms with Gasteiger partial charge in [-0.15, -0.1) is 0 Å². The molecule has 0 spiro atoms. The molecule has 0 bridgehead atoms. The summed E-state index contributed by atoms with van der Waals surface area (Å²) < 4.78 is 15.3. The third-order valence-electron chi connectivity index (χ3n) is 2.36. The molecule has 0 saturated carbocycles. The van der Waals surface area contributed by atoms with Gasteiger partial charge in [0.05, 0.1) is 33.1 Å². The van der Waals surface area contributed by atoms with Crippen molar-refractivity contribution in [3.05, 3.63) is 18.2 Å². The summed E-state index contributed by atoms with van der Waals surface area (Å²) in [5, 5.41) is 3.04. The van der Waals surface area contributed by atoms with Gasteiger partial charge in [0.25, 0.3) is 0 Å². The van der Waals surface area contributed by atoms with Gasteiger partial charge in [-0.25, -0.2) is 10.8 Å². The lowest BCUT2D eigenvalue weighted by molar-refractivity contribution is 0.208. The normalized spacial score (nSPS) is 11.1. The van der Waals surface area contributed by atoms with Gasteiger partial charge in [-0.2, -0.15) is 0 Å². The first-order valence-corrected chi connectivity index (χ1v) is 5.74. The molecule has 7 nitrogen and oxygen atoms in total. The van der Waals surface area contributed by atoms with E-state index in [2.05, 4.69) is 15.7 Å². The summed E-state index contributed by atoms with van der Waals surface area (Å²) in [4.78, 5) is 4.21. The van der Waals surface area contributed by atoms with Gasteiger partial charge >= 0.3 is 0 Å². The Morgan fingerprint density at radius 1 is 1.26 bits per heavy atom. The minimum atomic E-state index is 0.420. The number of hydrazine groups is 1. The largest absolute Gasteiger partial charge is 0.497 e. The van der Waals surface area contributed by atoms with Crippen LogP contribution in [0.1, 0.15) is 0 Å². The predicted octanol–water partition coefficient (Wildman–Crippen LogP) is 0.581. The molecule has 7 heteroatoms. The molecule has 0 atom stereocenters. The number of benzene rings is 1. The van der Waals surface area contributed by atoms with Crippen LogP contribution in [0.2, 0.25) is 0 Å². The van der Waals surface area contributed by atoms with Gasteiger partial charge in [0.1, 0.15) is 11.5 Å². The van der Waals surface area contributed by atoms with E-state index in [1.54, 1.807) is 33.5 Å².